The van der Waals surface area contributed by atoms with Gasteiger partial charge in [0, 0.05) is 16.6 Å². The molecular formula is C14H21BrN2. The molecule has 2 nitrogen and oxygen atoms in total. The smallest absolute Gasteiger partial charge is 0.0294 e. The van der Waals surface area contributed by atoms with Gasteiger partial charge in [0.05, 0.1) is 0 Å². The van der Waals surface area contributed by atoms with Gasteiger partial charge < -0.3 is 10.6 Å². The summed E-state index contributed by atoms with van der Waals surface area (Å²) >= 11 is 3.53. The molecule has 0 aliphatic carbocycles. The fraction of sp³-hybridized carbons (Fsp3) is 0.571. The summed E-state index contributed by atoms with van der Waals surface area (Å²) in [5.41, 5.74) is 1.36. The van der Waals surface area contributed by atoms with Crippen LogP contribution in [-0.2, 0) is 0 Å². The van der Waals surface area contributed by atoms with Gasteiger partial charge in [0.1, 0.15) is 0 Å². The zero-order valence-electron chi connectivity index (χ0n) is 10.4. The molecular weight excluding hydrogens is 276 g/mol. The Bertz CT molecular complexity index is 346. The van der Waals surface area contributed by atoms with Gasteiger partial charge in [-0.2, -0.15) is 0 Å². The van der Waals surface area contributed by atoms with Gasteiger partial charge in [0.25, 0.3) is 0 Å². The van der Waals surface area contributed by atoms with E-state index >= 15 is 0 Å². The van der Waals surface area contributed by atoms with E-state index in [1.165, 1.54) is 31.4 Å². The molecule has 1 saturated heterocycles. The van der Waals surface area contributed by atoms with Crippen LogP contribution >= 0.6 is 15.9 Å². The Hall–Kier alpha value is -0.380. The van der Waals surface area contributed by atoms with E-state index in [4.69, 9.17) is 0 Å². The third-order valence-corrected chi connectivity index (χ3v) is 3.90. The summed E-state index contributed by atoms with van der Waals surface area (Å²) in [7, 11) is 0. The van der Waals surface area contributed by atoms with Crippen molar-refractivity contribution in [3.63, 3.8) is 0 Å². The van der Waals surface area contributed by atoms with E-state index < -0.39 is 0 Å². The molecule has 2 rings (SSSR count). The molecule has 0 bridgehead atoms. The lowest BCUT2D eigenvalue weighted by molar-refractivity contribution is 0.421. The molecule has 1 aromatic rings. The van der Waals surface area contributed by atoms with Crippen LogP contribution in [0.5, 0.6) is 0 Å². The largest absolute Gasteiger partial charge is 0.317 e. The van der Waals surface area contributed by atoms with Crippen molar-refractivity contribution in [2.24, 2.45) is 0 Å². The SMILES string of the molecule is C[C@@H](NC1CCCNCC1)c1cccc(Br)c1. The fourth-order valence-corrected chi connectivity index (χ4v) is 2.83. The summed E-state index contributed by atoms with van der Waals surface area (Å²) in [6, 6.07) is 9.65. The molecule has 2 N–H and O–H groups in total. The Morgan fingerprint density at radius 1 is 1.35 bits per heavy atom. The predicted octanol–water partition coefficient (Wildman–Crippen LogP) is 3.24. The van der Waals surface area contributed by atoms with Gasteiger partial charge in [-0.05, 0) is 57.0 Å². The van der Waals surface area contributed by atoms with Crippen molar-refractivity contribution in [3.8, 4) is 0 Å². The monoisotopic (exact) mass is 296 g/mol. The van der Waals surface area contributed by atoms with Gasteiger partial charge in [0.2, 0.25) is 0 Å². The van der Waals surface area contributed by atoms with E-state index in [-0.39, 0.29) is 0 Å². The molecule has 0 saturated carbocycles. The van der Waals surface area contributed by atoms with Crippen LogP contribution < -0.4 is 10.6 Å². The number of hydrogen-bond acceptors (Lipinski definition) is 2. The number of nitrogens with one attached hydrogen (secondary N) is 2. The van der Waals surface area contributed by atoms with Crippen LogP contribution in [0.25, 0.3) is 0 Å². The lowest BCUT2D eigenvalue weighted by Crippen LogP contribution is -2.32. The lowest BCUT2D eigenvalue weighted by atomic mass is 10.0. The first-order valence-electron chi connectivity index (χ1n) is 6.48. The van der Waals surface area contributed by atoms with Crippen LogP contribution in [-0.4, -0.2) is 19.1 Å². The van der Waals surface area contributed by atoms with E-state index in [1.807, 2.05) is 0 Å². The summed E-state index contributed by atoms with van der Waals surface area (Å²) in [5.74, 6) is 0. The van der Waals surface area contributed by atoms with E-state index in [9.17, 15) is 0 Å². The second-order valence-corrected chi connectivity index (χ2v) is 5.74. The molecule has 0 aromatic heterocycles. The average molecular weight is 297 g/mol. The van der Waals surface area contributed by atoms with Crippen molar-refractivity contribution in [2.75, 3.05) is 13.1 Å². The maximum atomic E-state index is 3.74. The lowest BCUT2D eigenvalue weighted by Gasteiger charge is -2.22. The van der Waals surface area contributed by atoms with E-state index in [2.05, 4.69) is 57.8 Å². The summed E-state index contributed by atoms with van der Waals surface area (Å²) < 4.78 is 1.16. The molecule has 3 heteroatoms. The molecule has 0 spiro atoms. The second kappa shape index (κ2) is 6.53. The van der Waals surface area contributed by atoms with Crippen LogP contribution in [0.1, 0.15) is 37.8 Å². The van der Waals surface area contributed by atoms with E-state index in [0.717, 1.165) is 11.0 Å². The van der Waals surface area contributed by atoms with Crippen molar-refractivity contribution in [1.82, 2.24) is 10.6 Å². The third kappa shape index (κ3) is 4.09. The molecule has 94 valence electrons. The minimum absolute atomic E-state index is 0.426. The van der Waals surface area contributed by atoms with Gasteiger partial charge in [0.15, 0.2) is 0 Å². The average Bonchev–Trinajstić information content (AvgIpc) is 2.57. The van der Waals surface area contributed by atoms with E-state index in [0.29, 0.717) is 12.1 Å². The highest BCUT2D eigenvalue weighted by molar-refractivity contribution is 9.10. The number of benzene rings is 1. The standard InChI is InChI=1S/C14H21BrN2/c1-11(12-4-2-5-13(15)10-12)17-14-6-3-8-16-9-7-14/h2,4-5,10-11,14,16-17H,3,6-9H2,1H3/t11-,14?/m1/s1. The Morgan fingerprint density at radius 3 is 3.06 bits per heavy atom. The van der Waals surface area contributed by atoms with Crippen molar-refractivity contribution in [3.05, 3.63) is 34.3 Å². The molecule has 0 amide bonds. The van der Waals surface area contributed by atoms with Crippen LogP contribution in [0.15, 0.2) is 28.7 Å². The topological polar surface area (TPSA) is 24.1 Å². The minimum atomic E-state index is 0.426. The molecule has 1 aliphatic rings. The summed E-state index contributed by atoms with van der Waals surface area (Å²) in [6.07, 6.45) is 3.80. The molecule has 1 aliphatic heterocycles. The first kappa shape index (κ1) is 13.1. The quantitative estimate of drug-likeness (QED) is 0.895. The maximum absolute atomic E-state index is 3.74. The highest BCUT2D eigenvalue weighted by atomic mass is 79.9. The Morgan fingerprint density at radius 2 is 2.24 bits per heavy atom. The summed E-state index contributed by atoms with van der Waals surface area (Å²) in [5, 5.41) is 7.19. The Labute approximate surface area is 112 Å². The molecule has 0 radical (unpaired) electrons. The summed E-state index contributed by atoms with van der Waals surface area (Å²) in [4.78, 5) is 0. The first-order valence-corrected chi connectivity index (χ1v) is 7.27. The summed E-state index contributed by atoms with van der Waals surface area (Å²) in [6.45, 7) is 4.56. The highest BCUT2D eigenvalue weighted by Crippen LogP contribution is 2.19. The van der Waals surface area contributed by atoms with E-state index in [1.54, 1.807) is 0 Å². The normalized spacial score (nSPS) is 23.1. The third-order valence-electron chi connectivity index (χ3n) is 3.41. The van der Waals surface area contributed by atoms with Crippen LogP contribution in [0.3, 0.4) is 0 Å². The Kier molecular flexibility index (Phi) is 5.01. The van der Waals surface area contributed by atoms with Crippen molar-refractivity contribution in [1.29, 1.82) is 0 Å². The van der Waals surface area contributed by atoms with Crippen molar-refractivity contribution >= 4 is 15.9 Å². The van der Waals surface area contributed by atoms with Crippen LogP contribution in [0.4, 0.5) is 0 Å². The number of rotatable bonds is 3. The fourth-order valence-electron chi connectivity index (χ4n) is 2.41. The predicted molar refractivity (Wildman–Crippen MR) is 76.2 cm³/mol. The minimum Gasteiger partial charge on any atom is -0.317 e. The van der Waals surface area contributed by atoms with Gasteiger partial charge >= 0.3 is 0 Å². The Balaban J connectivity index is 1.93. The van der Waals surface area contributed by atoms with Gasteiger partial charge in [-0.3, -0.25) is 0 Å². The molecule has 1 aromatic carbocycles. The van der Waals surface area contributed by atoms with Crippen molar-refractivity contribution in [2.45, 2.75) is 38.3 Å². The van der Waals surface area contributed by atoms with Gasteiger partial charge in [-0.15, -0.1) is 0 Å². The molecule has 1 heterocycles. The maximum Gasteiger partial charge on any atom is 0.0294 e. The molecule has 17 heavy (non-hydrogen) atoms. The zero-order valence-corrected chi connectivity index (χ0v) is 12.0. The highest BCUT2D eigenvalue weighted by Gasteiger charge is 2.15. The van der Waals surface area contributed by atoms with Gasteiger partial charge in [-0.25, -0.2) is 0 Å². The molecule has 2 atom stereocenters. The molecule has 1 fully saturated rings. The molecule has 1 unspecified atom stereocenters. The second-order valence-electron chi connectivity index (χ2n) is 4.82. The number of hydrogen-bond donors (Lipinski definition) is 2. The first-order chi connectivity index (χ1) is 8.25. The zero-order chi connectivity index (χ0) is 12.1. The van der Waals surface area contributed by atoms with Crippen molar-refractivity contribution < 1.29 is 0 Å². The van der Waals surface area contributed by atoms with Crippen LogP contribution in [0, 0.1) is 0 Å². The van der Waals surface area contributed by atoms with Gasteiger partial charge in [-0.1, -0.05) is 28.1 Å². The number of halogens is 1. The van der Waals surface area contributed by atoms with Crippen LogP contribution in [0.2, 0.25) is 0 Å².